The quantitative estimate of drug-likeness (QED) is 0.850. The molecule has 1 aromatic rings. The van der Waals surface area contributed by atoms with E-state index < -0.39 is 5.54 Å². The molecule has 0 fully saturated rings. The third kappa shape index (κ3) is 2.07. The van der Waals surface area contributed by atoms with Crippen molar-refractivity contribution >= 4 is 5.91 Å². The number of fused-ring (bicyclic) bond motifs is 1. The third-order valence-corrected chi connectivity index (χ3v) is 3.31. The van der Waals surface area contributed by atoms with Crippen LogP contribution in [0, 0.1) is 0 Å². The Morgan fingerprint density at radius 2 is 2.00 bits per heavy atom. The monoisotopic (exact) mass is 232 g/mol. The highest BCUT2D eigenvalue weighted by atomic mass is 16.2. The Morgan fingerprint density at radius 3 is 2.53 bits per heavy atom. The van der Waals surface area contributed by atoms with Crippen LogP contribution in [0.15, 0.2) is 18.2 Å². The second kappa shape index (κ2) is 3.84. The van der Waals surface area contributed by atoms with Crippen molar-refractivity contribution in [1.82, 2.24) is 4.90 Å². The lowest BCUT2D eigenvalue weighted by Gasteiger charge is -2.20. The molecule has 1 aliphatic rings. The Bertz CT molecular complexity index is 458. The van der Waals surface area contributed by atoms with Crippen molar-refractivity contribution in [2.75, 3.05) is 0 Å². The van der Waals surface area contributed by atoms with Gasteiger partial charge in [0, 0.05) is 23.7 Å². The summed E-state index contributed by atoms with van der Waals surface area (Å²) in [5.74, 6) is 0.126. The smallest absolute Gasteiger partial charge is 0.254 e. The lowest BCUT2D eigenvalue weighted by molar-refractivity contribution is 0.0730. The number of benzene rings is 1. The fraction of sp³-hybridized carbons (Fsp3) is 0.500. The van der Waals surface area contributed by atoms with Crippen LogP contribution >= 0.6 is 0 Å². The highest BCUT2D eigenvalue weighted by Gasteiger charge is 2.30. The Hall–Kier alpha value is -1.35. The summed E-state index contributed by atoms with van der Waals surface area (Å²) in [4.78, 5) is 14.1. The first-order valence-corrected chi connectivity index (χ1v) is 6.04. The number of carbonyl (C=O) groups is 1. The topological polar surface area (TPSA) is 46.3 Å². The van der Waals surface area contributed by atoms with Gasteiger partial charge in [-0.2, -0.15) is 0 Å². The molecule has 0 aromatic heterocycles. The number of hydrogen-bond donors (Lipinski definition) is 1. The lowest BCUT2D eigenvalue weighted by Crippen LogP contribution is -2.31. The molecule has 2 rings (SSSR count). The van der Waals surface area contributed by atoms with Crippen LogP contribution in [0.1, 0.15) is 49.2 Å². The zero-order valence-corrected chi connectivity index (χ0v) is 10.9. The standard InChI is InChI=1S/C14H20N2O/c1-9(2)16-8-10-5-6-11(14(3,4)15)7-12(10)13(16)17/h5-7,9H,8,15H2,1-4H3. The van der Waals surface area contributed by atoms with Crippen LogP contribution in [-0.4, -0.2) is 16.8 Å². The molecule has 0 saturated heterocycles. The molecule has 2 N–H and O–H groups in total. The van der Waals surface area contributed by atoms with E-state index in [4.69, 9.17) is 5.73 Å². The molecule has 0 aliphatic carbocycles. The molecule has 0 spiro atoms. The van der Waals surface area contributed by atoms with Gasteiger partial charge in [-0.05, 0) is 44.9 Å². The van der Waals surface area contributed by atoms with E-state index in [-0.39, 0.29) is 11.9 Å². The van der Waals surface area contributed by atoms with Gasteiger partial charge in [-0.3, -0.25) is 4.79 Å². The van der Waals surface area contributed by atoms with Crippen LogP contribution in [0.4, 0.5) is 0 Å². The SMILES string of the molecule is CC(C)N1Cc2ccc(C(C)(C)N)cc2C1=O. The van der Waals surface area contributed by atoms with Crippen molar-refractivity contribution in [2.24, 2.45) is 5.73 Å². The van der Waals surface area contributed by atoms with Crippen LogP contribution in [0.5, 0.6) is 0 Å². The minimum Gasteiger partial charge on any atom is -0.332 e. The molecule has 1 heterocycles. The van der Waals surface area contributed by atoms with Gasteiger partial charge in [0.25, 0.3) is 5.91 Å². The maximum absolute atomic E-state index is 12.2. The van der Waals surface area contributed by atoms with Gasteiger partial charge in [-0.25, -0.2) is 0 Å². The summed E-state index contributed by atoms with van der Waals surface area (Å²) < 4.78 is 0. The summed E-state index contributed by atoms with van der Waals surface area (Å²) >= 11 is 0. The van der Waals surface area contributed by atoms with Gasteiger partial charge in [0.15, 0.2) is 0 Å². The molecular formula is C14H20N2O. The van der Waals surface area contributed by atoms with Gasteiger partial charge in [-0.15, -0.1) is 0 Å². The molecule has 92 valence electrons. The highest BCUT2D eigenvalue weighted by molar-refractivity contribution is 5.98. The van der Waals surface area contributed by atoms with Crippen LogP contribution in [0.3, 0.4) is 0 Å². The van der Waals surface area contributed by atoms with Crippen LogP contribution in [-0.2, 0) is 12.1 Å². The van der Waals surface area contributed by atoms with Crippen LogP contribution in [0.2, 0.25) is 0 Å². The lowest BCUT2D eigenvalue weighted by atomic mass is 9.93. The first-order valence-electron chi connectivity index (χ1n) is 6.04. The summed E-state index contributed by atoms with van der Waals surface area (Å²) in [6, 6.07) is 6.24. The van der Waals surface area contributed by atoms with E-state index in [1.54, 1.807) is 0 Å². The molecular weight excluding hydrogens is 212 g/mol. The summed E-state index contributed by atoms with van der Waals surface area (Å²) in [6.07, 6.45) is 0. The average molecular weight is 232 g/mol. The van der Waals surface area contributed by atoms with E-state index in [9.17, 15) is 4.79 Å². The van der Waals surface area contributed by atoms with E-state index in [1.165, 1.54) is 0 Å². The van der Waals surface area contributed by atoms with E-state index in [0.717, 1.165) is 23.2 Å². The zero-order valence-electron chi connectivity index (χ0n) is 10.9. The van der Waals surface area contributed by atoms with Gasteiger partial charge in [-0.1, -0.05) is 12.1 Å². The molecule has 3 nitrogen and oxygen atoms in total. The molecule has 1 aromatic carbocycles. The van der Waals surface area contributed by atoms with Crippen molar-refractivity contribution in [2.45, 2.75) is 45.8 Å². The van der Waals surface area contributed by atoms with E-state index in [1.807, 2.05) is 50.8 Å². The number of rotatable bonds is 2. The van der Waals surface area contributed by atoms with Crippen molar-refractivity contribution in [3.63, 3.8) is 0 Å². The van der Waals surface area contributed by atoms with Crippen molar-refractivity contribution in [3.05, 3.63) is 34.9 Å². The minimum atomic E-state index is -0.402. The number of carbonyl (C=O) groups excluding carboxylic acids is 1. The van der Waals surface area contributed by atoms with Crippen LogP contribution < -0.4 is 5.73 Å². The van der Waals surface area contributed by atoms with Crippen molar-refractivity contribution < 1.29 is 4.79 Å². The molecule has 1 aliphatic heterocycles. The molecule has 0 radical (unpaired) electrons. The summed E-state index contributed by atoms with van der Waals surface area (Å²) in [5, 5.41) is 0. The number of amides is 1. The number of nitrogens with zero attached hydrogens (tertiary/aromatic N) is 1. The first kappa shape index (κ1) is 12.1. The Labute approximate surface area is 103 Å². The average Bonchev–Trinajstić information content (AvgIpc) is 2.54. The molecule has 17 heavy (non-hydrogen) atoms. The fourth-order valence-electron chi connectivity index (χ4n) is 2.14. The van der Waals surface area contributed by atoms with Gasteiger partial charge < -0.3 is 10.6 Å². The van der Waals surface area contributed by atoms with Crippen molar-refractivity contribution in [3.8, 4) is 0 Å². The second-order valence-electron chi connectivity index (χ2n) is 5.62. The zero-order chi connectivity index (χ0) is 12.8. The summed E-state index contributed by atoms with van der Waals surface area (Å²) in [7, 11) is 0. The minimum absolute atomic E-state index is 0.126. The molecule has 3 heteroatoms. The number of nitrogens with two attached hydrogens (primary N) is 1. The summed E-state index contributed by atoms with van der Waals surface area (Å²) in [5.41, 5.74) is 8.60. The molecule has 0 atom stereocenters. The Kier molecular flexibility index (Phi) is 2.74. The van der Waals surface area contributed by atoms with Crippen LogP contribution in [0.25, 0.3) is 0 Å². The van der Waals surface area contributed by atoms with Crippen molar-refractivity contribution in [1.29, 1.82) is 0 Å². The predicted molar refractivity (Wildman–Crippen MR) is 68.7 cm³/mol. The highest BCUT2D eigenvalue weighted by Crippen LogP contribution is 2.28. The maximum Gasteiger partial charge on any atom is 0.254 e. The molecule has 0 bridgehead atoms. The Balaban J connectivity index is 2.41. The Morgan fingerprint density at radius 1 is 1.35 bits per heavy atom. The number of hydrogen-bond acceptors (Lipinski definition) is 2. The third-order valence-electron chi connectivity index (χ3n) is 3.31. The molecule has 1 amide bonds. The van der Waals surface area contributed by atoms with Gasteiger partial charge >= 0.3 is 0 Å². The van der Waals surface area contributed by atoms with Gasteiger partial charge in [0.05, 0.1) is 0 Å². The fourth-order valence-corrected chi connectivity index (χ4v) is 2.14. The van der Waals surface area contributed by atoms with E-state index in [2.05, 4.69) is 0 Å². The summed E-state index contributed by atoms with van der Waals surface area (Å²) in [6.45, 7) is 8.70. The second-order valence-corrected chi connectivity index (χ2v) is 5.62. The maximum atomic E-state index is 12.2. The molecule has 0 saturated carbocycles. The molecule has 0 unspecified atom stereocenters. The van der Waals surface area contributed by atoms with E-state index in [0.29, 0.717) is 0 Å². The predicted octanol–water partition coefficient (Wildman–Crippen LogP) is 2.24. The van der Waals surface area contributed by atoms with E-state index >= 15 is 0 Å². The largest absolute Gasteiger partial charge is 0.332 e. The van der Waals surface area contributed by atoms with Gasteiger partial charge in [0.1, 0.15) is 0 Å². The normalized spacial score (nSPS) is 15.6. The first-order chi connectivity index (χ1) is 7.80. The van der Waals surface area contributed by atoms with Gasteiger partial charge in [0.2, 0.25) is 0 Å².